The molecule has 0 aliphatic carbocycles. The van der Waals surface area contributed by atoms with Crippen LogP contribution in [0.1, 0.15) is 24.5 Å². The first kappa shape index (κ1) is 18.6. The van der Waals surface area contributed by atoms with E-state index in [2.05, 4.69) is 51.7 Å². The van der Waals surface area contributed by atoms with E-state index in [1.54, 1.807) is 7.05 Å². The molecule has 134 valence electrons. The molecule has 0 amide bonds. The standard InChI is InChI=1S/C17H25F3N4/c1-13(11-23-16(21-2)22-9-8-17(18,19)20)24-10-7-14-5-3-4-6-15(14)12-24/h3-6,13H,7-12H2,1-2H3,(H2,21,22,23). The Kier molecular flexibility index (Phi) is 6.48. The summed E-state index contributed by atoms with van der Waals surface area (Å²) in [6.45, 7) is 4.46. The topological polar surface area (TPSA) is 39.7 Å². The van der Waals surface area contributed by atoms with E-state index < -0.39 is 12.6 Å². The van der Waals surface area contributed by atoms with Crippen LogP contribution >= 0.6 is 0 Å². The van der Waals surface area contributed by atoms with Gasteiger partial charge in [-0.3, -0.25) is 9.89 Å². The smallest absolute Gasteiger partial charge is 0.356 e. The van der Waals surface area contributed by atoms with E-state index in [0.29, 0.717) is 12.5 Å². The second-order valence-corrected chi connectivity index (χ2v) is 6.08. The average Bonchev–Trinajstić information content (AvgIpc) is 2.56. The minimum absolute atomic E-state index is 0.172. The van der Waals surface area contributed by atoms with E-state index in [4.69, 9.17) is 0 Å². The molecule has 1 unspecified atom stereocenters. The van der Waals surface area contributed by atoms with Gasteiger partial charge in [0.05, 0.1) is 6.42 Å². The van der Waals surface area contributed by atoms with Crippen molar-refractivity contribution in [3.8, 4) is 0 Å². The summed E-state index contributed by atoms with van der Waals surface area (Å²) >= 11 is 0. The maximum atomic E-state index is 12.2. The van der Waals surface area contributed by atoms with Crippen LogP contribution in [-0.2, 0) is 13.0 Å². The lowest BCUT2D eigenvalue weighted by molar-refractivity contribution is -0.132. The van der Waals surface area contributed by atoms with Crippen LogP contribution in [0.2, 0.25) is 0 Å². The van der Waals surface area contributed by atoms with E-state index in [1.165, 1.54) is 11.1 Å². The van der Waals surface area contributed by atoms with Crippen molar-refractivity contribution in [1.82, 2.24) is 15.5 Å². The molecule has 1 aromatic carbocycles. The third-order valence-corrected chi connectivity index (χ3v) is 4.27. The van der Waals surface area contributed by atoms with E-state index in [0.717, 1.165) is 19.5 Å². The van der Waals surface area contributed by atoms with Crippen LogP contribution in [0.25, 0.3) is 0 Å². The first-order valence-corrected chi connectivity index (χ1v) is 8.21. The monoisotopic (exact) mass is 342 g/mol. The van der Waals surface area contributed by atoms with Crippen LogP contribution < -0.4 is 10.6 Å². The van der Waals surface area contributed by atoms with Crippen LogP contribution in [0.4, 0.5) is 13.2 Å². The zero-order valence-corrected chi connectivity index (χ0v) is 14.2. The second-order valence-electron chi connectivity index (χ2n) is 6.08. The molecule has 1 aromatic rings. The number of nitrogens with one attached hydrogen (secondary N) is 2. The van der Waals surface area contributed by atoms with Gasteiger partial charge in [0, 0.05) is 39.3 Å². The van der Waals surface area contributed by atoms with Crippen molar-refractivity contribution in [2.45, 2.75) is 38.5 Å². The zero-order chi connectivity index (χ0) is 17.6. The number of hydrogen-bond donors (Lipinski definition) is 2. The lowest BCUT2D eigenvalue weighted by Crippen LogP contribution is -2.47. The van der Waals surface area contributed by atoms with Crippen molar-refractivity contribution in [3.05, 3.63) is 35.4 Å². The van der Waals surface area contributed by atoms with Crippen molar-refractivity contribution < 1.29 is 13.2 Å². The van der Waals surface area contributed by atoms with Gasteiger partial charge >= 0.3 is 6.18 Å². The fraction of sp³-hybridized carbons (Fsp3) is 0.588. The molecular weight excluding hydrogens is 317 g/mol. The Balaban J connectivity index is 1.77. The third kappa shape index (κ3) is 5.70. The summed E-state index contributed by atoms with van der Waals surface area (Å²) in [5, 5.41) is 5.81. The molecule has 1 aliphatic rings. The summed E-state index contributed by atoms with van der Waals surface area (Å²) < 4.78 is 36.5. The number of aliphatic imine (C=N–C) groups is 1. The maximum Gasteiger partial charge on any atom is 0.390 e. The Hall–Kier alpha value is -1.76. The number of fused-ring (bicyclic) bond motifs is 1. The summed E-state index contributed by atoms with van der Waals surface area (Å²) in [7, 11) is 1.56. The lowest BCUT2D eigenvalue weighted by atomic mass is 9.99. The first-order chi connectivity index (χ1) is 11.4. The van der Waals surface area contributed by atoms with Crippen LogP contribution in [0, 0.1) is 0 Å². The summed E-state index contributed by atoms with van der Waals surface area (Å²) in [6.07, 6.45) is -3.99. The Morgan fingerprint density at radius 2 is 1.96 bits per heavy atom. The predicted molar refractivity (Wildman–Crippen MR) is 90.1 cm³/mol. The molecule has 0 saturated carbocycles. The fourth-order valence-corrected chi connectivity index (χ4v) is 2.81. The molecule has 0 bridgehead atoms. The Morgan fingerprint density at radius 3 is 2.62 bits per heavy atom. The van der Waals surface area contributed by atoms with Crippen molar-refractivity contribution in [1.29, 1.82) is 0 Å². The number of nitrogens with zero attached hydrogens (tertiary/aromatic N) is 2. The molecule has 1 aliphatic heterocycles. The average molecular weight is 342 g/mol. The van der Waals surface area contributed by atoms with Crippen LogP contribution in [0.15, 0.2) is 29.3 Å². The SMILES string of the molecule is CN=C(NCCC(F)(F)F)NCC(C)N1CCc2ccccc2C1. The van der Waals surface area contributed by atoms with Gasteiger partial charge in [0.25, 0.3) is 0 Å². The summed E-state index contributed by atoms with van der Waals surface area (Å²) in [4.78, 5) is 6.34. The van der Waals surface area contributed by atoms with Gasteiger partial charge in [-0.25, -0.2) is 0 Å². The van der Waals surface area contributed by atoms with E-state index in [1.807, 2.05) is 0 Å². The number of hydrogen-bond acceptors (Lipinski definition) is 2. The molecule has 2 rings (SSSR count). The van der Waals surface area contributed by atoms with E-state index in [9.17, 15) is 13.2 Å². The van der Waals surface area contributed by atoms with Gasteiger partial charge in [-0.05, 0) is 24.5 Å². The molecule has 0 aromatic heterocycles. The van der Waals surface area contributed by atoms with Gasteiger partial charge in [0.1, 0.15) is 0 Å². The second kappa shape index (κ2) is 8.37. The minimum atomic E-state index is -4.15. The summed E-state index contributed by atoms with van der Waals surface area (Å²) in [5.41, 5.74) is 2.75. The Morgan fingerprint density at radius 1 is 1.25 bits per heavy atom. The Bertz CT molecular complexity index is 557. The molecule has 7 heteroatoms. The highest BCUT2D eigenvalue weighted by Gasteiger charge is 2.26. The van der Waals surface area contributed by atoms with Crippen molar-refractivity contribution >= 4 is 5.96 Å². The van der Waals surface area contributed by atoms with Gasteiger partial charge < -0.3 is 10.6 Å². The lowest BCUT2D eigenvalue weighted by Gasteiger charge is -2.34. The number of guanidine groups is 1. The molecule has 1 heterocycles. The molecule has 0 radical (unpaired) electrons. The normalized spacial score (nSPS) is 17.3. The van der Waals surface area contributed by atoms with Gasteiger partial charge in [0.2, 0.25) is 0 Å². The molecule has 0 fully saturated rings. The summed E-state index contributed by atoms with van der Waals surface area (Å²) in [5.74, 6) is 0.406. The van der Waals surface area contributed by atoms with Gasteiger partial charge in [-0.15, -0.1) is 0 Å². The number of alkyl halides is 3. The molecule has 1 atom stereocenters. The van der Waals surface area contributed by atoms with Gasteiger partial charge in [-0.2, -0.15) is 13.2 Å². The number of benzene rings is 1. The maximum absolute atomic E-state index is 12.2. The number of halogens is 3. The first-order valence-electron chi connectivity index (χ1n) is 8.21. The fourth-order valence-electron chi connectivity index (χ4n) is 2.81. The quantitative estimate of drug-likeness (QED) is 0.638. The largest absolute Gasteiger partial charge is 0.390 e. The van der Waals surface area contributed by atoms with Gasteiger partial charge in [-0.1, -0.05) is 24.3 Å². The van der Waals surface area contributed by atoms with Crippen LogP contribution in [0.5, 0.6) is 0 Å². The molecule has 0 spiro atoms. The highest BCUT2D eigenvalue weighted by Crippen LogP contribution is 2.20. The summed E-state index contributed by atoms with van der Waals surface area (Å²) in [6, 6.07) is 8.70. The predicted octanol–water partition coefficient (Wildman–Crippen LogP) is 2.55. The minimum Gasteiger partial charge on any atom is -0.356 e. The van der Waals surface area contributed by atoms with E-state index in [-0.39, 0.29) is 12.6 Å². The molecule has 24 heavy (non-hydrogen) atoms. The van der Waals surface area contributed by atoms with Crippen LogP contribution in [-0.4, -0.2) is 49.8 Å². The van der Waals surface area contributed by atoms with Crippen molar-refractivity contribution in [2.24, 2.45) is 4.99 Å². The van der Waals surface area contributed by atoms with Crippen molar-refractivity contribution in [3.63, 3.8) is 0 Å². The molecule has 4 nitrogen and oxygen atoms in total. The van der Waals surface area contributed by atoms with Gasteiger partial charge in [0.15, 0.2) is 5.96 Å². The molecular formula is C17H25F3N4. The van der Waals surface area contributed by atoms with Crippen LogP contribution in [0.3, 0.4) is 0 Å². The van der Waals surface area contributed by atoms with E-state index >= 15 is 0 Å². The Labute approximate surface area is 141 Å². The molecule has 0 saturated heterocycles. The third-order valence-electron chi connectivity index (χ3n) is 4.27. The number of rotatable bonds is 5. The van der Waals surface area contributed by atoms with Crippen molar-refractivity contribution in [2.75, 3.05) is 26.7 Å². The molecule has 2 N–H and O–H groups in total. The zero-order valence-electron chi connectivity index (χ0n) is 14.2. The highest BCUT2D eigenvalue weighted by atomic mass is 19.4. The highest BCUT2D eigenvalue weighted by molar-refractivity contribution is 5.79.